The van der Waals surface area contributed by atoms with Crippen LogP contribution in [-0.4, -0.2) is 24.0 Å². The van der Waals surface area contributed by atoms with Crippen LogP contribution in [0.15, 0.2) is 42.5 Å². The number of benzene rings is 2. The van der Waals surface area contributed by atoms with E-state index in [0.29, 0.717) is 21.8 Å². The van der Waals surface area contributed by atoms with Crippen molar-refractivity contribution in [2.24, 2.45) is 0 Å². The lowest BCUT2D eigenvalue weighted by atomic mass is 9.87. The predicted octanol–water partition coefficient (Wildman–Crippen LogP) is 4.63. The molecule has 5 nitrogen and oxygen atoms in total. The summed E-state index contributed by atoms with van der Waals surface area (Å²) < 4.78 is 5.55. The lowest BCUT2D eigenvalue weighted by molar-refractivity contribution is 0.0600. The standard InChI is InChI=1S/C20H20N2O3S/c1-20(2,3)13-7-5-12(6-8-13)17(23)21-14-9-10-16-15(11-14)22-18(26-16)19(24)25-4/h5-11H,1-4H3,(H,21,23). The maximum Gasteiger partial charge on any atom is 0.367 e. The lowest BCUT2D eigenvalue weighted by Gasteiger charge is -2.19. The molecule has 2 aromatic carbocycles. The Morgan fingerprint density at radius 2 is 1.77 bits per heavy atom. The Bertz CT molecular complexity index is 969. The molecular formula is C20H20N2O3S. The molecule has 26 heavy (non-hydrogen) atoms. The van der Waals surface area contributed by atoms with Crippen LogP contribution in [0.1, 0.15) is 46.5 Å². The Kier molecular flexibility index (Phi) is 4.78. The van der Waals surface area contributed by atoms with Crippen molar-refractivity contribution in [1.29, 1.82) is 0 Å². The van der Waals surface area contributed by atoms with Crippen LogP contribution in [-0.2, 0) is 10.2 Å². The van der Waals surface area contributed by atoms with Gasteiger partial charge in [-0.3, -0.25) is 4.79 Å². The number of ether oxygens (including phenoxy) is 1. The molecule has 0 unspecified atom stereocenters. The second kappa shape index (κ2) is 6.88. The number of nitrogens with one attached hydrogen (secondary N) is 1. The lowest BCUT2D eigenvalue weighted by Crippen LogP contribution is -2.14. The Morgan fingerprint density at radius 1 is 1.08 bits per heavy atom. The number of methoxy groups -OCH3 is 1. The van der Waals surface area contributed by atoms with E-state index < -0.39 is 5.97 Å². The minimum Gasteiger partial charge on any atom is -0.464 e. The molecule has 0 aliphatic rings. The van der Waals surface area contributed by atoms with Gasteiger partial charge in [-0.1, -0.05) is 32.9 Å². The second-order valence-corrected chi connectivity index (χ2v) is 8.01. The molecule has 0 aliphatic heterocycles. The van der Waals surface area contributed by atoms with Crippen LogP contribution in [0.4, 0.5) is 5.69 Å². The second-order valence-electron chi connectivity index (χ2n) is 6.97. The fourth-order valence-electron chi connectivity index (χ4n) is 2.50. The van der Waals surface area contributed by atoms with Crippen molar-refractivity contribution in [3.63, 3.8) is 0 Å². The normalized spacial score (nSPS) is 11.4. The van der Waals surface area contributed by atoms with Crippen molar-refractivity contribution in [1.82, 2.24) is 4.98 Å². The molecule has 1 N–H and O–H groups in total. The van der Waals surface area contributed by atoms with Gasteiger partial charge in [0, 0.05) is 11.3 Å². The maximum atomic E-state index is 12.5. The van der Waals surface area contributed by atoms with Gasteiger partial charge in [0.15, 0.2) is 0 Å². The topological polar surface area (TPSA) is 68.3 Å². The van der Waals surface area contributed by atoms with Crippen LogP contribution in [0.2, 0.25) is 0 Å². The highest BCUT2D eigenvalue weighted by Crippen LogP contribution is 2.26. The Hall–Kier alpha value is -2.73. The van der Waals surface area contributed by atoms with Gasteiger partial charge in [0.1, 0.15) is 0 Å². The van der Waals surface area contributed by atoms with Crippen LogP contribution in [0, 0.1) is 0 Å². The first-order chi connectivity index (χ1) is 12.3. The van der Waals surface area contributed by atoms with E-state index in [4.69, 9.17) is 4.74 Å². The summed E-state index contributed by atoms with van der Waals surface area (Å²) in [6, 6.07) is 13.0. The van der Waals surface area contributed by atoms with Gasteiger partial charge >= 0.3 is 5.97 Å². The first-order valence-corrected chi connectivity index (χ1v) is 9.00. The van der Waals surface area contributed by atoms with E-state index in [1.165, 1.54) is 24.0 Å². The first-order valence-electron chi connectivity index (χ1n) is 8.19. The smallest absolute Gasteiger partial charge is 0.367 e. The summed E-state index contributed by atoms with van der Waals surface area (Å²) in [6.07, 6.45) is 0. The van der Waals surface area contributed by atoms with Crippen molar-refractivity contribution < 1.29 is 14.3 Å². The van der Waals surface area contributed by atoms with Gasteiger partial charge in [0.2, 0.25) is 5.01 Å². The van der Waals surface area contributed by atoms with Crippen LogP contribution < -0.4 is 5.32 Å². The molecule has 0 spiro atoms. The van der Waals surface area contributed by atoms with Crippen molar-refractivity contribution in [2.75, 3.05) is 12.4 Å². The predicted molar refractivity (Wildman–Crippen MR) is 104 cm³/mol. The van der Waals surface area contributed by atoms with Gasteiger partial charge < -0.3 is 10.1 Å². The molecule has 0 aliphatic carbocycles. The number of esters is 1. The molecule has 6 heteroatoms. The average molecular weight is 368 g/mol. The zero-order valence-electron chi connectivity index (χ0n) is 15.1. The number of carbonyl (C=O) groups is 2. The molecule has 0 saturated carbocycles. The van der Waals surface area contributed by atoms with Crippen LogP contribution in [0.5, 0.6) is 0 Å². The third-order valence-corrected chi connectivity index (χ3v) is 5.04. The summed E-state index contributed by atoms with van der Waals surface area (Å²) in [5, 5.41) is 3.17. The van der Waals surface area contributed by atoms with Gasteiger partial charge in [-0.25, -0.2) is 9.78 Å². The van der Waals surface area contributed by atoms with E-state index in [-0.39, 0.29) is 11.3 Å². The van der Waals surface area contributed by atoms with Crippen molar-refractivity contribution in [3.8, 4) is 0 Å². The molecular weight excluding hydrogens is 348 g/mol. The van der Waals surface area contributed by atoms with Crippen LogP contribution in [0.25, 0.3) is 10.2 Å². The third-order valence-electron chi connectivity index (χ3n) is 4.02. The fraction of sp³-hybridized carbons (Fsp3) is 0.250. The molecule has 1 amide bonds. The third kappa shape index (κ3) is 3.75. The molecule has 1 heterocycles. The first kappa shape index (κ1) is 18.1. The van der Waals surface area contributed by atoms with E-state index in [0.717, 1.165) is 4.70 Å². The summed E-state index contributed by atoms with van der Waals surface area (Å²) >= 11 is 1.26. The number of nitrogens with zero attached hydrogens (tertiary/aromatic N) is 1. The number of hydrogen-bond acceptors (Lipinski definition) is 5. The molecule has 0 radical (unpaired) electrons. The number of fused-ring (bicyclic) bond motifs is 1. The average Bonchev–Trinajstić information content (AvgIpc) is 3.03. The molecule has 1 aromatic heterocycles. The van der Waals surface area contributed by atoms with Crippen molar-refractivity contribution >= 4 is 39.1 Å². The summed E-state index contributed by atoms with van der Waals surface area (Å²) in [5.41, 5.74) is 3.09. The molecule has 0 atom stereocenters. The summed E-state index contributed by atoms with van der Waals surface area (Å²) in [7, 11) is 1.32. The number of carbonyl (C=O) groups excluding carboxylic acids is 2. The highest BCUT2D eigenvalue weighted by molar-refractivity contribution is 7.20. The molecule has 0 saturated heterocycles. The minimum atomic E-state index is -0.462. The fourth-order valence-corrected chi connectivity index (χ4v) is 3.37. The highest BCUT2D eigenvalue weighted by Gasteiger charge is 2.15. The summed E-state index contributed by atoms with van der Waals surface area (Å²) in [4.78, 5) is 28.3. The number of anilines is 1. The van der Waals surface area contributed by atoms with Gasteiger partial charge in [-0.05, 0) is 41.3 Å². The number of amides is 1. The molecule has 3 rings (SSSR count). The van der Waals surface area contributed by atoms with Gasteiger partial charge in [-0.15, -0.1) is 11.3 Å². The Morgan fingerprint density at radius 3 is 2.38 bits per heavy atom. The molecule has 0 bridgehead atoms. The monoisotopic (exact) mass is 368 g/mol. The van der Waals surface area contributed by atoms with E-state index >= 15 is 0 Å². The molecule has 0 fully saturated rings. The SMILES string of the molecule is COC(=O)c1nc2cc(NC(=O)c3ccc(C(C)(C)C)cc3)ccc2s1. The number of hydrogen-bond donors (Lipinski definition) is 1. The number of thiazole rings is 1. The molecule has 134 valence electrons. The van der Waals surface area contributed by atoms with E-state index in [1.54, 1.807) is 12.1 Å². The Balaban J connectivity index is 1.79. The van der Waals surface area contributed by atoms with E-state index in [2.05, 4.69) is 31.1 Å². The largest absolute Gasteiger partial charge is 0.464 e. The molecule has 3 aromatic rings. The quantitative estimate of drug-likeness (QED) is 0.684. The number of aromatic nitrogens is 1. The maximum absolute atomic E-state index is 12.5. The van der Waals surface area contributed by atoms with Crippen LogP contribution in [0.3, 0.4) is 0 Å². The zero-order chi connectivity index (χ0) is 18.9. The number of rotatable bonds is 3. The Labute approximate surface area is 156 Å². The van der Waals surface area contributed by atoms with Gasteiger partial charge in [0.05, 0.1) is 17.3 Å². The highest BCUT2D eigenvalue weighted by atomic mass is 32.1. The van der Waals surface area contributed by atoms with Gasteiger partial charge in [-0.2, -0.15) is 0 Å². The summed E-state index contributed by atoms with van der Waals surface area (Å²) in [6.45, 7) is 6.40. The van der Waals surface area contributed by atoms with E-state index in [1.807, 2.05) is 30.3 Å². The minimum absolute atomic E-state index is 0.0437. The summed E-state index contributed by atoms with van der Waals surface area (Å²) in [5.74, 6) is -0.649. The van der Waals surface area contributed by atoms with E-state index in [9.17, 15) is 9.59 Å². The van der Waals surface area contributed by atoms with Crippen LogP contribution >= 0.6 is 11.3 Å². The van der Waals surface area contributed by atoms with Crippen molar-refractivity contribution in [2.45, 2.75) is 26.2 Å². The zero-order valence-corrected chi connectivity index (χ0v) is 15.9. The van der Waals surface area contributed by atoms with Gasteiger partial charge in [0.25, 0.3) is 5.91 Å². The van der Waals surface area contributed by atoms with Crippen molar-refractivity contribution in [3.05, 3.63) is 58.6 Å².